The highest BCUT2D eigenvalue weighted by Gasteiger charge is 2.35. The Morgan fingerprint density at radius 3 is 2.41 bits per heavy atom. The van der Waals surface area contributed by atoms with Gasteiger partial charge in [0, 0.05) is 12.5 Å². The number of carbonyl (C=O) groups is 1. The lowest BCUT2D eigenvalue weighted by Gasteiger charge is -2.20. The first-order valence-electron chi connectivity index (χ1n) is 11.6. The summed E-state index contributed by atoms with van der Waals surface area (Å²) in [5.74, 6) is 1.68. The Morgan fingerprint density at radius 1 is 0.919 bits per heavy atom. The molecule has 0 saturated heterocycles. The number of methoxy groups -OCH3 is 1. The number of nitrogens with one attached hydrogen (secondary N) is 1. The van der Waals surface area contributed by atoms with Crippen molar-refractivity contribution in [2.24, 2.45) is 10.1 Å². The molecule has 0 atom stereocenters. The van der Waals surface area contributed by atoms with Gasteiger partial charge in [-0.05, 0) is 53.2 Å². The van der Waals surface area contributed by atoms with Crippen LogP contribution in [0.4, 0.5) is 0 Å². The number of hydrazone groups is 1. The molecule has 8 nitrogen and oxygen atoms in total. The fourth-order valence-corrected chi connectivity index (χ4v) is 4.63. The smallest absolute Gasteiger partial charge is 0.283 e. The molecule has 0 spiro atoms. The molecule has 1 amide bonds. The first kappa shape index (κ1) is 24.3. The Balaban J connectivity index is 1.18. The second-order valence-electron chi connectivity index (χ2n) is 8.12. The summed E-state index contributed by atoms with van der Waals surface area (Å²) in [7, 11) is 1.61. The van der Waals surface area contributed by atoms with Crippen LogP contribution in [-0.4, -0.2) is 47.3 Å². The summed E-state index contributed by atoms with van der Waals surface area (Å²) < 4.78 is 16.6. The average Bonchev–Trinajstić information content (AvgIpc) is 3.32. The predicted octanol–water partition coefficient (Wildman–Crippen LogP) is 5.01. The molecule has 2 aliphatic rings. The van der Waals surface area contributed by atoms with Crippen LogP contribution in [0.3, 0.4) is 0 Å². The number of hydrogen-bond acceptors (Lipinski definition) is 7. The molecule has 2 aliphatic heterocycles. The maximum absolute atomic E-state index is 12.7. The molecule has 0 fully saturated rings. The molecule has 0 saturated carbocycles. The van der Waals surface area contributed by atoms with Gasteiger partial charge >= 0.3 is 0 Å². The molecule has 3 aromatic carbocycles. The van der Waals surface area contributed by atoms with Gasteiger partial charge < -0.3 is 14.2 Å². The number of fused-ring (bicyclic) bond motifs is 1. The highest BCUT2D eigenvalue weighted by Crippen LogP contribution is 2.30. The molecule has 0 bridgehead atoms. The normalized spacial score (nSPS) is 15.8. The monoisotopic (exact) mass is 512 g/mol. The third-order valence-corrected chi connectivity index (χ3v) is 6.46. The lowest BCUT2D eigenvalue weighted by Crippen LogP contribution is -2.35. The number of rotatable bonds is 9. The number of benzene rings is 3. The van der Waals surface area contributed by atoms with Crippen LogP contribution >= 0.6 is 11.8 Å². The van der Waals surface area contributed by atoms with Crippen molar-refractivity contribution < 1.29 is 19.0 Å². The van der Waals surface area contributed by atoms with Crippen LogP contribution in [-0.2, 0) is 11.2 Å². The van der Waals surface area contributed by atoms with Crippen molar-refractivity contribution in [3.63, 3.8) is 0 Å². The topological polar surface area (TPSA) is 96.6 Å². The number of hydrogen-bond donors (Lipinski definition) is 1. The van der Waals surface area contributed by atoms with Crippen molar-refractivity contribution in [3.8, 4) is 17.2 Å². The minimum Gasteiger partial charge on any atom is -0.497 e. The van der Waals surface area contributed by atoms with Gasteiger partial charge in [0.2, 0.25) is 5.17 Å². The molecule has 186 valence electrons. The van der Waals surface area contributed by atoms with Gasteiger partial charge in [-0.2, -0.15) is 15.1 Å². The predicted molar refractivity (Wildman–Crippen MR) is 146 cm³/mol. The zero-order valence-electron chi connectivity index (χ0n) is 20.1. The Labute approximate surface area is 218 Å². The second-order valence-corrected chi connectivity index (χ2v) is 9.16. The van der Waals surface area contributed by atoms with Crippen molar-refractivity contribution in [1.29, 1.82) is 5.41 Å². The largest absolute Gasteiger partial charge is 0.497 e. The van der Waals surface area contributed by atoms with Gasteiger partial charge in [0.1, 0.15) is 35.5 Å². The zero-order chi connectivity index (χ0) is 25.6. The first-order valence-corrected chi connectivity index (χ1v) is 12.4. The van der Waals surface area contributed by atoms with Gasteiger partial charge in [0.25, 0.3) is 5.91 Å². The molecule has 9 heteroatoms. The van der Waals surface area contributed by atoms with Crippen LogP contribution in [0, 0.1) is 5.41 Å². The van der Waals surface area contributed by atoms with Crippen LogP contribution < -0.4 is 14.2 Å². The van der Waals surface area contributed by atoms with Crippen molar-refractivity contribution in [2.45, 2.75) is 6.42 Å². The molecular formula is C28H24N4O4S. The number of nitrogens with zero attached hydrogens (tertiary/aromatic N) is 3. The summed E-state index contributed by atoms with van der Waals surface area (Å²) in [4.78, 5) is 16.8. The summed E-state index contributed by atoms with van der Waals surface area (Å²) >= 11 is 1.32. The quantitative estimate of drug-likeness (QED) is 0.320. The summed E-state index contributed by atoms with van der Waals surface area (Å²) in [6.45, 7) is 0.750. The van der Waals surface area contributed by atoms with Gasteiger partial charge in [0.05, 0.1) is 12.7 Å². The molecule has 5 rings (SSSR count). The van der Waals surface area contributed by atoms with Crippen molar-refractivity contribution >= 4 is 39.8 Å². The van der Waals surface area contributed by atoms with Crippen molar-refractivity contribution in [1.82, 2.24) is 5.01 Å². The Kier molecular flexibility index (Phi) is 7.32. The van der Waals surface area contributed by atoms with E-state index in [0.717, 1.165) is 21.9 Å². The van der Waals surface area contributed by atoms with Crippen molar-refractivity contribution in [3.05, 3.63) is 95.6 Å². The van der Waals surface area contributed by atoms with E-state index in [2.05, 4.69) is 10.1 Å². The lowest BCUT2D eigenvalue weighted by molar-refractivity contribution is -0.114. The number of amidine groups is 2. The van der Waals surface area contributed by atoms with Gasteiger partial charge in [-0.3, -0.25) is 10.2 Å². The van der Waals surface area contributed by atoms with E-state index < -0.39 is 5.91 Å². The highest BCUT2D eigenvalue weighted by atomic mass is 32.2. The fraction of sp³-hybridized carbons (Fsp3) is 0.143. The standard InChI is InChI=1S/C28H24N4O4S/c1-34-22-8-5-9-23(18-22)36-15-14-35-21-12-10-20(11-13-21)16-24-26(29)32-28(30-27(24)33)37-25(31-32)17-19-6-3-2-4-7-19/h2-13,16,18,29H,14-15,17H2,1H3/b24-16-,29-26?. The van der Waals surface area contributed by atoms with Crippen LogP contribution in [0.5, 0.6) is 17.2 Å². The zero-order valence-corrected chi connectivity index (χ0v) is 20.9. The van der Waals surface area contributed by atoms with E-state index in [-0.39, 0.29) is 11.4 Å². The number of aliphatic imine (C=N–C) groups is 1. The summed E-state index contributed by atoms with van der Waals surface area (Å²) in [6, 6.07) is 24.6. The molecule has 0 aromatic heterocycles. The molecule has 2 heterocycles. The number of amides is 1. The molecule has 3 aromatic rings. The van der Waals surface area contributed by atoms with E-state index in [1.54, 1.807) is 13.2 Å². The molecular weight excluding hydrogens is 488 g/mol. The SMILES string of the molecule is COc1cccc(OCCOc2ccc(/C=C3/C(=N)N4N=C(Cc5ccccc5)SC4=NC3=O)cc2)c1. The van der Waals surface area contributed by atoms with Crippen LogP contribution in [0.1, 0.15) is 11.1 Å². The highest BCUT2D eigenvalue weighted by molar-refractivity contribution is 8.26. The molecule has 1 N–H and O–H groups in total. The maximum atomic E-state index is 12.7. The van der Waals surface area contributed by atoms with E-state index >= 15 is 0 Å². The fourth-order valence-electron chi connectivity index (χ4n) is 3.71. The van der Waals surface area contributed by atoms with E-state index in [4.69, 9.17) is 19.6 Å². The molecule has 37 heavy (non-hydrogen) atoms. The van der Waals surface area contributed by atoms with Gasteiger partial charge in [-0.25, -0.2) is 0 Å². The van der Waals surface area contributed by atoms with Crippen LogP contribution in [0.2, 0.25) is 0 Å². The second kappa shape index (κ2) is 11.1. The Bertz CT molecular complexity index is 1400. The first-order chi connectivity index (χ1) is 18.1. The van der Waals surface area contributed by atoms with Crippen LogP contribution in [0.15, 0.2) is 94.5 Å². The third-order valence-electron chi connectivity index (χ3n) is 5.55. The van der Waals surface area contributed by atoms with Crippen LogP contribution in [0.25, 0.3) is 6.08 Å². The molecule has 0 aliphatic carbocycles. The minimum atomic E-state index is -0.449. The lowest BCUT2D eigenvalue weighted by atomic mass is 10.1. The summed E-state index contributed by atoms with van der Waals surface area (Å²) in [5, 5.41) is 15.7. The Morgan fingerprint density at radius 2 is 1.65 bits per heavy atom. The van der Waals surface area contributed by atoms with Gasteiger partial charge in [0.15, 0.2) is 5.84 Å². The molecule has 0 radical (unpaired) electrons. The van der Waals surface area contributed by atoms with E-state index in [1.165, 1.54) is 16.8 Å². The number of thioether (sulfide) groups is 1. The maximum Gasteiger partial charge on any atom is 0.283 e. The van der Waals surface area contributed by atoms with E-state index in [9.17, 15) is 4.79 Å². The van der Waals surface area contributed by atoms with E-state index in [1.807, 2.05) is 78.9 Å². The van der Waals surface area contributed by atoms with Gasteiger partial charge in [-0.15, -0.1) is 0 Å². The van der Waals surface area contributed by atoms with E-state index in [0.29, 0.717) is 36.3 Å². The minimum absolute atomic E-state index is 0.0144. The number of carbonyl (C=O) groups excluding carboxylic acids is 1. The van der Waals surface area contributed by atoms with Gasteiger partial charge in [-0.1, -0.05) is 48.5 Å². The molecule has 0 unspecified atom stereocenters. The summed E-state index contributed by atoms with van der Waals surface area (Å²) in [5.41, 5.74) is 2.05. The Hall–Kier alpha value is -4.37. The third kappa shape index (κ3) is 5.90. The number of ether oxygens (including phenoxy) is 3. The van der Waals surface area contributed by atoms with Crippen molar-refractivity contribution in [2.75, 3.05) is 20.3 Å². The average molecular weight is 513 g/mol. The summed E-state index contributed by atoms with van der Waals surface area (Å²) in [6.07, 6.45) is 2.27.